The molecule has 114 valence electrons. The highest BCUT2D eigenvalue weighted by Gasteiger charge is 2.14. The molecule has 0 bridgehead atoms. The lowest BCUT2D eigenvalue weighted by Crippen LogP contribution is -2.21. The molecule has 2 aromatic carbocycles. The van der Waals surface area contributed by atoms with Gasteiger partial charge in [0.2, 0.25) is 0 Å². The first kappa shape index (κ1) is 15.6. The fraction of sp³-hybridized carbons (Fsp3) is 0.125. The minimum atomic E-state index is -0.961. The molecule has 0 spiro atoms. The third-order valence-electron chi connectivity index (χ3n) is 2.83. The summed E-state index contributed by atoms with van der Waals surface area (Å²) in [6.07, 6.45) is 0. The predicted molar refractivity (Wildman–Crippen MR) is 76.4 cm³/mol. The SMILES string of the molecule is Cc1ccc(NC(=O)COC(=O)c2ccccc2F)c(F)c1. The molecule has 0 aliphatic heterocycles. The van der Waals surface area contributed by atoms with Gasteiger partial charge >= 0.3 is 5.97 Å². The van der Waals surface area contributed by atoms with Crippen molar-refractivity contribution in [3.63, 3.8) is 0 Å². The molecule has 0 aliphatic carbocycles. The van der Waals surface area contributed by atoms with Crippen molar-refractivity contribution < 1.29 is 23.1 Å². The first-order valence-electron chi connectivity index (χ1n) is 6.45. The van der Waals surface area contributed by atoms with Gasteiger partial charge in [0, 0.05) is 0 Å². The van der Waals surface area contributed by atoms with Crippen LogP contribution >= 0.6 is 0 Å². The highest BCUT2D eigenvalue weighted by molar-refractivity contribution is 5.95. The minimum absolute atomic E-state index is 0.0162. The van der Waals surface area contributed by atoms with Crippen LogP contribution in [0.1, 0.15) is 15.9 Å². The van der Waals surface area contributed by atoms with Gasteiger partial charge < -0.3 is 10.1 Å². The number of ether oxygens (including phenoxy) is 1. The number of carbonyl (C=O) groups excluding carboxylic acids is 2. The molecule has 2 rings (SSSR count). The Morgan fingerprint density at radius 1 is 1.09 bits per heavy atom. The van der Waals surface area contributed by atoms with Crippen LogP contribution in [0.4, 0.5) is 14.5 Å². The molecule has 0 saturated carbocycles. The van der Waals surface area contributed by atoms with Gasteiger partial charge in [0.1, 0.15) is 11.6 Å². The van der Waals surface area contributed by atoms with E-state index in [1.54, 1.807) is 13.0 Å². The number of esters is 1. The molecule has 0 atom stereocenters. The molecule has 1 N–H and O–H groups in total. The van der Waals surface area contributed by atoms with E-state index in [1.807, 2.05) is 0 Å². The Morgan fingerprint density at radius 3 is 2.50 bits per heavy atom. The van der Waals surface area contributed by atoms with Crippen molar-refractivity contribution in [3.8, 4) is 0 Å². The third-order valence-corrected chi connectivity index (χ3v) is 2.83. The molecule has 22 heavy (non-hydrogen) atoms. The predicted octanol–water partition coefficient (Wildman–Crippen LogP) is 3.07. The van der Waals surface area contributed by atoms with Gasteiger partial charge in [0.15, 0.2) is 6.61 Å². The van der Waals surface area contributed by atoms with Gasteiger partial charge in [0.05, 0.1) is 11.3 Å². The summed E-state index contributed by atoms with van der Waals surface area (Å²) in [6.45, 7) is 1.07. The summed E-state index contributed by atoms with van der Waals surface area (Å²) in [5.41, 5.74) is 0.427. The number of rotatable bonds is 4. The first-order valence-corrected chi connectivity index (χ1v) is 6.45. The Labute approximate surface area is 125 Å². The van der Waals surface area contributed by atoms with Crippen LogP contribution in [-0.4, -0.2) is 18.5 Å². The van der Waals surface area contributed by atoms with Crippen LogP contribution in [0.25, 0.3) is 0 Å². The number of hydrogen-bond acceptors (Lipinski definition) is 3. The van der Waals surface area contributed by atoms with Gasteiger partial charge in [-0.3, -0.25) is 4.79 Å². The molecule has 0 aliphatic rings. The summed E-state index contributed by atoms with van der Waals surface area (Å²) in [6, 6.07) is 9.56. The number of halogens is 2. The van der Waals surface area contributed by atoms with Crippen LogP contribution in [0.5, 0.6) is 0 Å². The molecule has 0 radical (unpaired) electrons. The second kappa shape index (κ2) is 6.80. The van der Waals surface area contributed by atoms with E-state index in [0.717, 1.165) is 6.07 Å². The number of hydrogen-bond donors (Lipinski definition) is 1. The number of carbonyl (C=O) groups is 2. The van der Waals surface area contributed by atoms with E-state index in [9.17, 15) is 18.4 Å². The van der Waals surface area contributed by atoms with Crippen molar-refractivity contribution in [2.45, 2.75) is 6.92 Å². The van der Waals surface area contributed by atoms with Crippen LogP contribution in [0.2, 0.25) is 0 Å². The lowest BCUT2D eigenvalue weighted by Gasteiger charge is -2.08. The van der Waals surface area contributed by atoms with Crippen LogP contribution in [0.15, 0.2) is 42.5 Å². The van der Waals surface area contributed by atoms with Gasteiger partial charge in [-0.1, -0.05) is 18.2 Å². The highest BCUT2D eigenvalue weighted by Crippen LogP contribution is 2.15. The molecule has 0 fully saturated rings. The van der Waals surface area contributed by atoms with E-state index in [1.165, 1.54) is 30.3 Å². The minimum Gasteiger partial charge on any atom is -0.452 e. The number of aryl methyl sites for hydroxylation is 1. The molecular weight excluding hydrogens is 292 g/mol. The zero-order chi connectivity index (χ0) is 16.1. The summed E-state index contributed by atoms with van der Waals surface area (Å²) < 4.78 is 31.6. The van der Waals surface area contributed by atoms with E-state index < -0.39 is 30.1 Å². The summed E-state index contributed by atoms with van der Waals surface area (Å²) in [5.74, 6) is -3.00. The van der Waals surface area contributed by atoms with Crippen LogP contribution in [-0.2, 0) is 9.53 Å². The van der Waals surface area contributed by atoms with Gasteiger partial charge in [-0.15, -0.1) is 0 Å². The Morgan fingerprint density at radius 2 is 1.82 bits per heavy atom. The Balaban J connectivity index is 1.93. The molecule has 0 aromatic heterocycles. The lowest BCUT2D eigenvalue weighted by atomic mass is 10.2. The van der Waals surface area contributed by atoms with Crippen molar-refractivity contribution in [2.75, 3.05) is 11.9 Å². The Bertz CT molecular complexity index is 716. The zero-order valence-corrected chi connectivity index (χ0v) is 11.7. The standard InChI is InChI=1S/C16H13F2NO3/c1-10-6-7-14(13(18)8-10)19-15(20)9-22-16(21)11-4-2-3-5-12(11)17/h2-8H,9H2,1H3,(H,19,20). The first-order chi connectivity index (χ1) is 10.5. The lowest BCUT2D eigenvalue weighted by molar-refractivity contribution is -0.119. The van der Waals surface area contributed by atoms with Crippen LogP contribution < -0.4 is 5.32 Å². The topological polar surface area (TPSA) is 55.4 Å². The number of amides is 1. The summed E-state index contributed by atoms with van der Waals surface area (Å²) in [7, 11) is 0. The van der Waals surface area contributed by atoms with Crippen molar-refractivity contribution >= 4 is 17.6 Å². The van der Waals surface area contributed by atoms with Crippen molar-refractivity contribution in [3.05, 3.63) is 65.2 Å². The molecule has 4 nitrogen and oxygen atoms in total. The quantitative estimate of drug-likeness (QED) is 0.883. The van der Waals surface area contributed by atoms with Crippen molar-refractivity contribution in [1.82, 2.24) is 0 Å². The average molecular weight is 305 g/mol. The van der Waals surface area contributed by atoms with E-state index in [2.05, 4.69) is 5.32 Å². The average Bonchev–Trinajstić information content (AvgIpc) is 2.48. The summed E-state index contributed by atoms with van der Waals surface area (Å²) in [5, 5.41) is 2.27. The second-order valence-electron chi connectivity index (χ2n) is 4.59. The van der Waals surface area contributed by atoms with Gasteiger partial charge in [-0.25, -0.2) is 13.6 Å². The smallest absolute Gasteiger partial charge is 0.341 e. The monoisotopic (exact) mass is 305 g/mol. The van der Waals surface area contributed by atoms with Crippen LogP contribution in [0, 0.1) is 18.6 Å². The van der Waals surface area contributed by atoms with E-state index in [-0.39, 0.29) is 11.3 Å². The molecule has 0 heterocycles. The van der Waals surface area contributed by atoms with Gasteiger partial charge in [0.25, 0.3) is 5.91 Å². The molecule has 0 unspecified atom stereocenters. The van der Waals surface area contributed by atoms with Crippen molar-refractivity contribution in [1.29, 1.82) is 0 Å². The van der Waals surface area contributed by atoms with Gasteiger partial charge in [-0.05, 0) is 36.8 Å². The Kier molecular flexibility index (Phi) is 4.83. The summed E-state index contributed by atoms with van der Waals surface area (Å²) in [4.78, 5) is 23.2. The van der Waals surface area contributed by atoms with Crippen molar-refractivity contribution in [2.24, 2.45) is 0 Å². The Hall–Kier alpha value is -2.76. The summed E-state index contributed by atoms with van der Waals surface area (Å²) >= 11 is 0. The molecule has 1 amide bonds. The fourth-order valence-electron chi connectivity index (χ4n) is 1.74. The maximum atomic E-state index is 13.6. The molecule has 0 saturated heterocycles. The highest BCUT2D eigenvalue weighted by atomic mass is 19.1. The third kappa shape index (κ3) is 3.88. The number of anilines is 1. The fourth-order valence-corrected chi connectivity index (χ4v) is 1.74. The molecule has 2 aromatic rings. The second-order valence-corrected chi connectivity index (χ2v) is 4.59. The maximum Gasteiger partial charge on any atom is 0.341 e. The molecular formula is C16H13F2NO3. The van der Waals surface area contributed by atoms with E-state index in [4.69, 9.17) is 4.74 Å². The number of nitrogens with one attached hydrogen (secondary N) is 1. The molecule has 6 heteroatoms. The zero-order valence-electron chi connectivity index (χ0n) is 11.7. The number of benzene rings is 2. The van der Waals surface area contributed by atoms with E-state index >= 15 is 0 Å². The van der Waals surface area contributed by atoms with Crippen LogP contribution in [0.3, 0.4) is 0 Å². The largest absolute Gasteiger partial charge is 0.452 e. The normalized spacial score (nSPS) is 10.1. The maximum absolute atomic E-state index is 13.6. The van der Waals surface area contributed by atoms with Gasteiger partial charge in [-0.2, -0.15) is 0 Å². The van der Waals surface area contributed by atoms with E-state index in [0.29, 0.717) is 5.56 Å².